The van der Waals surface area contributed by atoms with Crippen molar-refractivity contribution in [3.05, 3.63) is 0 Å². The molecule has 4 unspecified atom stereocenters. The largest absolute Gasteiger partial charge is 0.0994 e. The minimum atomic E-state index is 0.369. The minimum absolute atomic E-state index is 0.369. The molecule has 6 rings (SSSR count). The van der Waals surface area contributed by atoms with Gasteiger partial charge in [-0.25, -0.2) is 0 Å². The van der Waals surface area contributed by atoms with E-state index >= 15 is 0 Å². The van der Waals surface area contributed by atoms with Gasteiger partial charge in [-0.2, -0.15) is 0 Å². The molecule has 34 heavy (non-hydrogen) atoms. The normalized spacial score (nSPS) is 41.6. The van der Waals surface area contributed by atoms with E-state index in [4.69, 9.17) is 0 Å². The van der Waals surface area contributed by atoms with Crippen molar-refractivity contribution in [2.75, 3.05) is 12.3 Å². The van der Waals surface area contributed by atoms with Crippen molar-refractivity contribution in [3.63, 3.8) is 0 Å². The summed E-state index contributed by atoms with van der Waals surface area (Å²) in [5.41, 5.74) is 4.89. The Labute approximate surface area is 215 Å². The van der Waals surface area contributed by atoms with Crippen LogP contribution < -0.4 is 0 Å². The van der Waals surface area contributed by atoms with Gasteiger partial charge in [-0.05, 0) is 123 Å². The fourth-order valence-corrected chi connectivity index (χ4v) is 18.8. The molecule has 6 fully saturated rings. The van der Waals surface area contributed by atoms with E-state index in [0.29, 0.717) is 15.8 Å². The molecule has 2 aliphatic heterocycles. The zero-order valence-corrected chi connectivity index (χ0v) is 24.3. The van der Waals surface area contributed by atoms with Crippen molar-refractivity contribution in [2.45, 2.75) is 164 Å². The predicted octanol–water partition coefficient (Wildman–Crippen LogP) is 10.6. The predicted molar refractivity (Wildman–Crippen MR) is 154 cm³/mol. The summed E-state index contributed by atoms with van der Waals surface area (Å²) in [4.78, 5) is 0. The second-order valence-electron chi connectivity index (χ2n) is 13.8. The number of hydrogen-bond acceptors (Lipinski definition) is 0. The van der Waals surface area contributed by atoms with E-state index < -0.39 is 0 Å². The van der Waals surface area contributed by atoms with Gasteiger partial charge in [0.25, 0.3) is 0 Å². The molecule has 4 atom stereocenters. The lowest BCUT2D eigenvalue weighted by Gasteiger charge is -2.57. The lowest BCUT2D eigenvalue weighted by atomic mass is 9.80. The van der Waals surface area contributed by atoms with E-state index in [9.17, 15) is 0 Å². The fraction of sp³-hybridized carbons (Fsp3) is 1.00. The average molecular weight is 503 g/mol. The maximum absolute atomic E-state index is 1.75. The lowest BCUT2D eigenvalue weighted by Crippen LogP contribution is -2.45. The molecular weight excluding hydrogens is 446 g/mol. The molecule has 4 aliphatic carbocycles. The molecule has 0 aromatic heterocycles. The molecule has 0 amide bonds. The summed E-state index contributed by atoms with van der Waals surface area (Å²) in [6, 6.07) is 0. The molecule has 2 heterocycles. The number of rotatable bonds is 7. The molecule has 194 valence electrons. The van der Waals surface area contributed by atoms with Gasteiger partial charge in [0, 0.05) is 0 Å². The van der Waals surface area contributed by atoms with Crippen LogP contribution in [0.2, 0.25) is 0 Å². The van der Waals surface area contributed by atoms with Gasteiger partial charge in [-0.3, -0.25) is 0 Å². The Bertz CT molecular complexity index is 507. The number of hydrogen-bond donors (Lipinski definition) is 0. The molecule has 0 N–H and O–H groups in total. The lowest BCUT2D eigenvalue weighted by molar-refractivity contribution is 0.272. The average Bonchev–Trinajstić information content (AvgIpc) is 2.88. The van der Waals surface area contributed by atoms with Crippen molar-refractivity contribution < 1.29 is 0 Å². The van der Waals surface area contributed by atoms with Gasteiger partial charge in [0.05, 0.1) is 0 Å². The fourth-order valence-electron chi connectivity index (χ4n) is 10.1. The maximum Gasteiger partial charge on any atom is -0.0172 e. The Morgan fingerprint density at radius 1 is 0.324 bits per heavy atom. The third kappa shape index (κ3) is 5.50. The highest BCUT2D eigenvalue weighted by Gasteiger charge is 2.50. The molecule has 0 aromatic rings. The summed E-state index contributed by atoms with van der Waals surface area (Å²) in [5.74, 6) is 4.66. The van der Waals surface area contributed by atoms with Crippen molar-refractivity contribution >= 4 is 15.8 Å². The van der Waals surface area contributed by atoms with Crippen LogP contribution in [0.1, 0.15) is 141 Å². The molecule has 0 aromatic carbocycles. The van der Waals surface area contributed by atoms with E-state index in [-0.39, 0.29) is 0 Å². The second-order valence-corrected chi connectivity index (χ2v) is 19.4. The Kier molecular flexibility index (Phi) is 8.99. The summed E-state index contributed by atoms with van der Waals surface area (Å²) in [7, 11) is 0.737. The highest BCUT2D eigenvalue weighted by Crippen LogP contribution is 2.71. The topological polar surface area (TPSA) is 0 Å². The minimum Gasteiger partial charge on any atom is -0.0994 e. The van der Waals surface area contributed by atoms with Crippen LogP contribution in [-0.4, -0.2) is 35.0 Å². The van der Waals surface area contributed by atoms with Crippen LogP contribution >= 0.6 is 15.8 Å². The van der Waals surface area contributed by atoms with Crippen LogP contribution in [0.25, 0.3) is 0 Å². The van der Waals surface area contributed by atoms with Crippen LogP contribution in [-0.2, 0) is 0 Å². The first-order valence-electron chi connectivity index (χ1n) is 16.4. The third-order valence-corrected chi connectivity index (χ3v) is 19.8. The highest BCUT2D eigenvalue weighted by atomic mass is 31.1. The zero-order chi connectivity index (χ0) is 22.7. The van der Waals surface area contributed by atoms with Gasteiger partial charge in [-0.15, -0.1) is 0 Å². The van der Waals surface area contributed by atoms with E-state index in [1.54, 1.807) is 154 Å². The van der Waals surface area contributed by atoms with Crippen molar-refractivity contribution in [2.24, 2.45) is 23.7 Å². The van der Waals surface area contributed by atoms with Crippen molar-refractivity contribution in [1.82, 2.24) is 0 Å². The quantitative estimate of drug-likeness (QED) is 0.304. The Morgan fingerprint density at radius 2 is 0.559 bits per heavy atom. The van der Waals surface area contributed by atoms with Gasteiger partial charge >= 0.3 is 0 Å². The summed E-state index contributed by atoms with van der Waals surface area (Å²) in [5, 5.41) is 0. The first-order valence-corrected chi connectivity index (χ1v) is 19.7. The summed E-state index contributed by atoms with van der Waals surface area (Å²) in [6.45, 7) is 0. The van der Waals surface area contributed by atoms with Crippen LogP contribution in [0.15, 0.2) is 0 Å². The van der Waals surface area contributed by atoms with Gasteiger partial charge in [-0.1, -0.05) is 92.9 Å². The van der Waals surface area contributed by atoms with Gasteiger partial charge in [0.15, 0.2) is 0 Å². The van der Waals surface area contributed by atoms with E-state index in [1.165, 1.54) is 22.6 Å². The van der Waals surface area contributed by atoms with Gasteiger partial charge < -0.3 is 0 Å². The zero-order valence-electron chi connectivity index (χ0n) is 22.5. The Hall–Kier alpha value is 0.860. The van der Waals surface area contributed by atoms with E-state index in [0.717, 1.165) is 23.7 Å². The van der Waals surface area contributed by atoms with Crippen molar-refractivity contribution in [3.8, 4) is 0 Å². The summed E-state index contributed by atoms with van der Waals surface area (Å²) < 4.78 is 0. The molecule has 2 heteroatoms. The maximum atomic E-state index is 1.75. The van der Waals surface area contributed by atoms with E-state index in [1.807, 2.05) is 0 Å². The standard InChI is InChI=1S/C32H56P2/c1-5-13-25(14-6-1)29-23-30(26-15-7-2-8-16-26)33(29)21-22-34-31(27-17-9-3-10-18-27)24-32(34)28-19-11-4-12-20-28/h25-32H,1-24H2. The Balaban J connectivity index is 1.13. The van der Waals surface area contributed by atoms with Crippen LogP contribution in [0.4, 0.5) is 0 Å². The monoisotopic (exact) mass is 502 g/mol. The van der Waals surface area contributed by atoms with E-state index in [2.05, 4.69) is 0 Å². The van der Waals surface area contributed by atoms with Gasteiger partial charge in [0.1, 0.15) is 0 Å². The first-order chi connectivity index (χ1) is 16.9. The SMILES string of the molecule is C1CCC(C2CC(C3CCCCC3)P2CCP2C(C3CCCCC3)CC2C2CCCCC2)CC1. The Morgan fingerprint density at radius 3 is 0.794 bits per heavy atom. The third-order valence-electron chi connectivity index (χ3n) is 12.1. The molecule has 0 nitrogen and oxygen atoms in total. The molecule has 6 aliphatic rings. The van der Waals surface area contributed by atoms with Crippen LogP contribution in [0.3, 0.4) is 0 Å². The molecule has 2 saturated heterocycles. The summed E-state index contributed by atoms with van der Waals surface area (Å²) >= 11 is 0. The molecule has 0 radical (unpaired) electrons. The second kappa shape index (κ2) is 12.1. The molecular formula is C32H56P2. The highest BCUT2D eigenvalue weighted by molar-refractivity contribution is 7.65. The summed E-state index contributed by atoms with van der Waals surface area (Å²) in [6.07, 6.45) is 38.5. The van der Waals surface area contributed by atoms with Crippen LogP contribution in [0.5, 0.6) is 0 Å². The van der Waals surface area contributed by atoms with Crippen molar-refractivity contribution in [1.29, 1.82) is 0 Å². The van der Waals surface area contributed by atoms with Crippen LogP contribution in [0, 0.1) is 23.7 Å². The molecule has 0 bridgehead atoms. The van der Waals surface area contributed by atoms with Gasteiger partial charge in [0.2, 0.25) is 0 Å². The smallest absolute Gasteiger partial charge is 0.0172 e. The molecule has 4 saturated carbocycles. The first kappa shape index (κ1) is 25.2. The molecule has 0 spiro atoms.